The van der Waals surface area contributed by atoms with Gasteiger partial charge in [-0.25, -0.2) is 0 Å². The largest absolute Gasteiger partial charge is 0.389 e. The Morgan fingerprint density at radius 1 is 1.59 bits per heavy atom. The van der Waals surface area contributed by atoms with Gasteiger partial charge in [-0.2, -0.15) is 5.10 Å². The summed E-state index contributed by atoms with van der Waals surface area (Å²) in [7, 11) is 1.99. The Hall–Kier alpha value is -0.610. The lowest BCUT2D eigenvalue weighted by atomic mass is 9.94. The molecule has 1 aliphatic carbocycles. The van der Waals surface area contributed by atoms with Crippen LogP contribution in [-0.4, -0.2) is 21.0 Å². The second kappa shape index (κ2) is 5.36. The van der Waals surface area contributed by atoms with Gasteiger partial charge in [-0.1, -0.05) is 18.6 Å². The van der Waals surface area contributed by atoms with Crippen molar-refractivity contribution in [2.75, 3.05) is 0 Å². The van der Waals surface area contributed by atoms with Gasteiger partial charge in [0.1, 0.15) is 0 Å². The van der Waals surface area contributed by atoms with Gasteiger partial charge < -0.3 is 5.11 Å². The van der Waals surface area contributed by atoms with E-state index >= 15 is 0 Å². The minimum Gasteiger partial charge on any atom is -0.389 e. The van der Waals surface area contributed by atoms with Crippen LogP contribution in [-0.2, 0) is 19.9 Å². The zero-order valence-electron chi connectivity index (χ0n) is 10.4. The summed E-state index contributed by atoms with van der Waals surface area (Å²) in [6.07, 6.45) is 6.66. The molecule has 0 aromatic carbocycles. The number of hydrogen-bond acceptors (Lipinski definition) is 2. The van der Waals surface area contributed by atoms with Gasteiger partial charge in [-0.3, -0.25) is 4.68 Å². The molecule has 1 unspecified atom stereocenters. The normalized spacial score (nSPS) is 20.5. The number of aryl methyl sites for hydroxylation is 2. The SMILES string of the molecule is CCc1nn(C)c(CC2=CC(O)CCC2)c1Br. The predicted octanol–water partition coefficient (Wildman–Crippen LogP) is 2.76. The first-order chi connectivity index (χ1) is 8.11. The molecule has 3 nitrogen and oxygen atoms in total. The van der Waals surface area contributed by atoms with Gasteiger partial charge in [-0.05, 0) is 41.6 Å². The summed E-state index contributed by atoms with van der Waals surface area (Å²) in [4.78, 5) is 0. The summed E-state index contributed by atoms with van der Waals surface area (Å²) in [5.41, 5.74) is 3.65. The first-order valence-electron chi connectivity index (χ1n) is 6.19. The average molecular weight is 299 g/mol. The fraction of sp³-hybridized carbons (Fsp3) is 0.615. The number of aliphatic hydroxyl groups excluding tert-OH is 1. The van der Waals surface area contributed by atoms with Gasteiger partial charge >= 0.3 is 0 Å². The van der Waals surface area contributed by atoms with Crippen LogP contribution in [0.4, 0.5) is 0 Å². The lowest BCUT2D eigenvalue weighted by Gasteiger charge is -2.17. The predicted molar refractivity (Wildman–Crippen MR) is 71.9 cm³/mol. The number of aromatic nitrogens is 2. The third kappa shape index (κ3) is 2.80. The average Bonchev–Trinajstić information content (AvgIpc) is 2.56. The maximum Gasteiger partial charge on any atom is 0.0766 e. The van der Waals surface area contributed by atoms with Crippen LogP contribution in [0.1, 0.15) is 37.6 Å². The first-order valence-corrected chi connectivity index (χ1v) is 6.99. The Bertz CT molecular complexity index is 437. The van der Waals surface area contributed by atoms with Crippen LogP contribution >= 0.6 is 15.9 Å². The molecular formula is C13H19BrN2O. The summed E-state index contributed by atoms with van der Waals surface area (Å²) in [6, 6.07) is 0. The number of nitrogens with zero attached hydrogens (tertiary/aromatic N) is 2. The van der Waals surface area contributed by atoms with Crippen molar-refractivity contribution in [3.05, 3.63) is 27.5 Å². The van der Waals surface area contributed by atoms with Crippen LogP contribution in [0.15, 0.2) is 16.1 Å². The molecule has 0 bridgehead atoms. The quantitative estimate of drug-likeness (QED) is 0.872. The van der Waals surface area contributed by atoms with E-state index in [-0.39, 0.29) is 6.10 Å². The standard InChI is InChI=1S/C13H19BrN2O/c1-3-11-13(14)12(16(2)15-11)8-9-5-4-6-10(17)7-9/h7,10,17H,3-6,8H2,1-2H3. The number of allylic oxidation sites excluding steroid dienone is 1. The summed E-state index contributed by atoms with van der Waals surface area (Å²) < 4.78 is 3.08. The van der Waals surface area contributed by atoms with E-state index in [9.17, 15) is 5.11 Å². The van der Waals surface area contributed by atoms with Crippen molar-refractivity contribution in [1.82, 2.24) is 9.78 Å². The van der Waals surface area contributed by atoms with E-state index in [1.165, 1.54) is 11.3 Å². The van der Waals surface area contributed by atoms with E-state index in [1.54, 1.807) is 0 Å². The van der Waals surface area contributed by atoms with Gasteiger partial charge in [-0.15, -0.1) is 0 Å². The van der Waals surface area contributed by atoms with Crippen LogP contribution in [0.2, 0.25) is 0 Å². The van der Waals surface area contributed by atoms with Crippen molar-refractivity contribution in [2.45, 2.75) is 45.1 Å². The number of halogens is 1. The topological polar surface area (TPSA) is 38.0 Å². The number of aliphatic hydroxyl groups is 1. The molecule has 1 heterocycles. The lowest BCUT2D eigenvalue weighted by molar-refractivity contribution is 0.201. The van der Waals surface area contributed by atoms with E-state index in [4.69, 9.17) is 0 Å². The number of rotatable bonds is 3. The summed E-state index contributed by atoms with van der Waals surface area (Å²) >= 11 is 3.63. The second-order valence-electron chi connectivity index (χ2n) is 4.65. The molecule has 1 N–H and O–H groups in total. The molecule has 94 valence electrons. The van der Waals surface area contributed by atoms with Gasteiger partial charge in [0, 0.05) is 13.5 Å². The molecule has 0 radical (unpaired) electrons. The Morgan fingerprint density at radius 3 is 2.94 bits per heavy atom. The molecule has 1 aromatic heterocycles. The summed E-state index contributed by atoms with van der Waals surface area (Å²) in [5.74, 6) is 0. The zero-order chi connectivity index (χ0) is 12.4. The molecule has 2 rings (SSSR count). The lowest BCUT2D eigenvalue weighted by Crippen LogP contribution is -2.11. The minimum absolute atomic E-state index is 0.253. The smallest absolute Gasteiger partial charge is 0.0766 e. The maximum absolute atomic E-state index is 9.64. The first kappa shape index (κ1) is 12.8. The van der Waals surface area contributed by atoms with Crippen LogP contribution in [0.5, 0.6) is 0 Å². The summed E-state index contributed by atoms with van der Waals surface area (Å²) in [6.45, 7) is 2.11. The van der Waals surface area contributed by atoms with E-state index < -0.39 is 0 Å². The molecule has 0 aliphatic heterocycles. The molecule has 0 fully saturated rings. The Morgan fingerprint density at radius 2 is 2.35 bits per heavy atom. The van der Waals surface area contributed by atoms with E-state index in [0.29, 0.717) is 0 Å². The van der Waals surface area contributed by atoms with Crippen LogP contribution < -0.4 is 0 Å². The van der Waals surface area contributed by atoms with Crippen molar-refractivity contribution >= 4 is 15.9 Å². The maximum atomic E-state index is 9.64. The molecule has 1 aliphatic rings. The Kier molecular flexibility index (Phi) is 4.05. The van der Waals surface area contributed by atoms with Crippen molar-refractivity contribution in [2.24, 2.45) is 7.05 Å². The zero-order valence-corrected chi connectivity index (χ0v) is 12.0. The van der Waals surface area contributed by atoms with Crippen LogP contribution in [0.3, 0.4) is 0 Å². The Balaban J connectivity index is 2.21. The highest BCUT2D eigenvalue weighted by atomic mass is 79.9. The molecular weight excluding hydrogens is 280 g/mol. The minimum atomic E-state index is -0.253. The van der Waals surface area contributed by atoms with Crippen LogP contribution in [0, 0.1) is 0 Å². The van der Waals surface area contributed by atoms with Crippen LogP contribution in [0.25, 0.3) is 0 Å². The fourth-order valence-corrected chi connectivity index (χ4v) is 3.11. The second-order valence-corrected chi connectivity index (χ2v) is 5.44. The third-order valence-corrected chi connectivity index (χ3v) is 4.24. The van der Waals surface area contributed by atoms with Gasteiger partial charge in [0.15, 0.2) is 0 Å². The van der Waals surface area contributed by atoms with Crippen molar-refractivity contribution in [3.8, 4) is 0 Å². The molecule has 0 saturated heterocycles. The molecule has 0 amide bonds. The van der Waals surface area contributed by atoms with E-state index in [0.717, 1.165) is 42.3 Å². The van der Waals surface area contributed by atoms with E-state index in [2.05, 4.69) is 28.0 Å². The third-order valence-electron chi connectivity index (χ3n) is 3.32. The molecule has 17 heavy (non-hydrogen) atoms. The molecule has 1 atom stereocenters. The molecule has 0 spiro atoms. The van der Waals surface area contributed by atoms with Gasteiger partial charge in [0.2, 0.25) is 0 Å². The fourth-order valence-electron chi connectivity index (χ4n) is 2.35. The van der Waals surface area contributed by atoms with Crippen molar-refractivity contribution in [3.63, 3.8) is 0 Å². The van der Waals surface area contributed by atoms with Gasteiger partial charge in [0.05, 0.1) is 22.0 Å². The summed E-state index contributed by atoms with van der Waals surface area (Å²) in [5, 5.41) is 14.1. The highest BCUT2D eigenvalue weighted by Crippen LogP contribution is 2.27. The molecule has 1 aromatic rings. The number of hydrogen-bond donors (Lipinski definition) is 1. The monoisotopic (exact) mass is 298 g/mol. The highest BCUT2D eigenvalue weighted by molar-refractivity contribution is 9.10. The highest BCUT2D eigenvalue weighted by Gasteiger charge is 2.16. The van der Waals surface area contributed by atoms with Crippen molar-refractivity contribution in [1.29, 1.82) is 0 Å². The van der Waals surface area contributed by atoms with E-state index in [1.807, 2.05) is 17.8 Å². The van der Waals surface area contributed by atoms with Crippen molar-refractivity contribution < 1.29 is 5.11 Å². The van der Waals surface area contributed by atoms with Gasteiger partial charge in [0.25, 0.3) is 0 Å². The molecule has 0 saturated carbocycles. The Labute approximate surface area is 111 Å². The molecule has 4 heteroatoms.